The normalized spacial score (nSPS) is 23.3. The molecule has 1 aromatic carbocycles. The summed E-state index contributed by atoms with van der Waals surface area (Å²) in [5.41, 5.74) is 2.88. The summed E-state index contributed by atoms with van der Waals surface area (Å²) in [6.45, 7) is 3.40. The average Bonchev–Trinajstić information content (AvgIpc) is 3.08. The highest BCUT2D eigenvalue weighted by molar-refractivity contribution is 5.76. The summed E-state index contributed by atoms with van der Waals surface area (Å²) in [5, 5.41) is 3.89. The minimum Gasteiger partial charge on any atom is -0.342 e. The van der Waals surface area contributed by atoms with Crippen molar-refractivity contribution in [2.24, 2.45) is 5.92 Å². The van der Waals surface area contributed by atoms with E-state index in [1.165, 1.54) is 11.1 Å². The summed E-state index contributed by atoms with van der Waals surface area (Å²) in [4.78, 5) is 19.2. The van der Waals surface area contributed by atoms with Gasteiger partial charge in [0.05, 0.1) is 5.92 Å². The lowest BCUT2D eigenvalue weighted by molar-refractivity contribution is -0.133. The van der Waals surface area contributed by atoms with Gasteiger partial charge in [0.1, 0.15) is 0 Å². The molecule has 1 saturated heterocycles. The Balaban J connectivity index is 1.36. The maximum atomic E-state index is 12.8. The van der Waals surface area contributed by atoms with Gasteiger partial charge in [-0.2, -0.15) is 4.98 Å². The Bertz CT molecular complexity index is 755. The molecule has 5 nitrogen and oxygen atoms in total. The fourth-order valence-electron chi connectivity index (χ4n) is 4.21. The Hall–Kier alpha value is -2.17. The summed E-state index contributed by atoms with van der Waals surface area (Å²) >= 11 is 0. The lowest BCUT2D eigenvalue weighted by Gasteiger charge is -2.33. The SMILES string of the molecule is Cc1noc(C2CCCN(C(=O)CC3CCc4ccccc4C3)C2)n1. The third-order valence-electron chi connectivity index (χ3n) is 5.58. The van der Waals surface area contributed by atoms with Gasteiger partial charge in [0, 0.05) is 19.5 Å². The zero-order chi connectivity index (χ0) is 17.2. The van der Waals surface area contributed by atoms with Crippen molar-refractivity contribution in [3.8, 4) is 0 Å². The Labute approximate surface area is 148 Å². The topological polar surface area (TPSA) is 59.2 Å². The van der Waals surface area contributed by atoms with Gasteiger partial charge >= 0.3 is 0 Å². The van der Waals surface area contributed by atoms with Gasteiger partial charge in [-0.05, 0) is 56.1 Å². The van der Waals surface area contributed by atoms with Crippen molar-refractivity contribution in [2.75, 3.05) is 13.1 Å². The van der Waals surface area contributed by atoms with E-state index in [1.807, 2.05) is 11.8 Å². The van der Waals surface area contributed by atoms with Gasteiger partial charge in [-0.3, -0.25) is 4.79 Å². The standard InChI is InChI=1S/C20H25N3O2/c1-14-21-20(25-22-14)18-7-4-10-23(13-18)19(24)12-15-8-9-16-5-2-3-6-17(16)11-15/h2-3,5-6,15,18H,4,7-13H2,1H3. The van der Waals surface area contributed by atoms with Crippen LogP contribution in [0.15, 0.2) is 28.8 Å². The number of amides is 1. The van der Waals surface area contributed by atoms with Crippen molar-refractivity contribution < 1.29 is 9.32 Å². The fourth-order valence-corrected chi connectivity index (χ4v) is 4.21. The number of hydrogen-bond donors (Lipinski definition) is 0. The Morgan fingerprint density at radius 1 is 1.28 bits per heavy atom. The van der Waals surface area contributed by atoms with Crippen LogP contribution in [0.4, 0.5) is 0 Å². The first-order chi connectivity index (χ1) is 12.2. The van der Waals surface area contributed by atoms with E-state index in [-0.39, 0.29) is 11.8 Å². The second-order valence-electron chi connectivity index (χ2n) is 7.44. The zero-order valence-electron chi connectivity index (χ0n) is 14.8. The van der Waals surface area contributed by atoms with Crippen molar-refractivity contribution >= 4 is 5.91 Å². The number of carbonyl (C=O) groups excluding carboxylic acids is 1. The van der Waals surface area contributed by atoms with Gasteiger partial charge in [-0.1, -0.05) is 29.4 Å². The van der Waals surface area contributed by atoms with Crippen LogP contribution in [0.5, 0.6) is 0 Å². The predicted octanol–water partition coefficient (Wildman–Crippen LogP) is 3.28. The first-order valence-electron chi connectivity index (χ1n) is 9.34. The molecule has 1 aliphatic heterocycles. The molecule has 2 atom stereocenters. The van der Waals surface area contributed by atoms with Crippen LogP contribution >= 0.6 is 0 Å². The summed E-state index contributed by atoms with van der Waals surface area (Å²) in [6.07, 6.45) is 5.92. The quantitative estimate of drug-likeness (QED) is 0.861. The molecule has 1 fully saturated rings. The monoisotopic (exact) mass is 339 g/mol. The summed E-state index contributed by atoms with van der Waals surface area (Å²) < 4.78 is 5.32. The minimum atomic E-state index is 0.186. The van der Waals surface area contributed by atoms with Gasteiger partial charge in [0.15, 0.2) is 5.82 Å². The molecule has 2 unspecified atom stereocenters. The van der Waals surface area contributed by atoms with E-state index in [0.29, 0.717) is 30.6 Å². The van der Waals surface area contributed by atoms with E-state index < -0.39 is 0 Å². The number of hydrogen-bond acceptors (Lipinski definition) is 4. The summed E-state index contributed by atoms with van der Waals surface area (Å²) in [5.74, 6) is 2.28. The third-order valence-corrected chi connectivity index (χ3v) is 5.58. The first kappa shape index (κ1) is 16.3. The number of piperidine rings is 1. The number of rotatable bonds is 3. The van der Waals surface area contributed by atoms with E-state index >= 15 is 0 Å². The van der Waals surface area contributed by atoms with Gasteiger partial charge in [0.25, 0.3) is 0 Å². The number of benzene rings is 1. The highest BCUT2D eigenvalue weighted by atomic mass is 16.5. The fraction of sp³-hybridized carbons (Fsp3) is 0.550. The molecule has 5 heteroatoms. The molecule has 0 bridgehead atoms. The van der Waals surface area contributed by atoms with E-state index in [1.54, 1.807) is 0 Å². The molecule has 1 aromatic heterocycles. The number of aryl methyl sites for hydroxylation is 2. The Kier molecular flexibility index (Phi) is 4.55. The highest BCUT2D eigenvalue weighted by Crippen LogP contribution is 2.30. The molecular weight excluding hydrogens is 314 g/mol. The number of fused-ring (bicyclic) bond motifs is 1. The van der Waals surface area contributed by atoms with Crippen LogP contribution in [0.2, 0.25) is 0 Å². The Morgan fingerprint density at radius 3 is 2.92 bits per heavy atom. The van der Waals surface area contributed by atoms with Crippen LogP contribution in [0.3, 0.4) is 0 Å². The first-order valence-corrected chi connectivity index (χ1v) is 9.34. The maximum Gasteiger partial charge on any atom is 0.231 e. The molecule has 0 spiro atoms. The van der Waals surface area contributed by atoms with Crippen molar-refractivity contribution in [1.82, 2.24) is 15.0 Å². The molecular formula is C20H25N3O2. The van der Waals surface area contributed by atoms with Crippen molar-refractivity contribution in [3.63, 3.8) is 0 Å². The van der Waals surface area contributed by atoms with Crippen LogP contribution in [-0.2, 0) is 17.6 Å². The van der Waals surface area contributed by atoms with Crippen LogP contribution in [0.25, 0.3) is 0 Å². The second kappa shape index (κ2) is 6.98. The molecule has 25 heavy (non-hydrogen) atoms. The molecule has 2 aliphatic rings. The molecule has 2 aromatic rings. The lowest BCUT2D eigenvalue weighted by Crippen LogP contribution is -2.40. The van der Waals surface area contributed by atoms with E-state index in [2.05, 4.69) is 34.4 Å². The van der Waals surface area contributed by atoms with Crippen molar-refractivity contribution in [3.05, 3.63) is 47.1 Å². The van der Waals surface area contributed by atoms with Gasteiger partial charge < -0.3 is 9.42 Å². The summed E-state index contributed by atoms with van der Waals surface area (Å²) in [7, 11) is 0. The van der Waals surface area contributed by atoms with Gasteiger partial charge in [-0.15, -0.1) is 0 Å². The van der Waals surface area contributed by atoms with Crippen LogP contribution in [0.1, 0.15) is 54.4 Å². The van der Waals surface area contributed by atoms with E-state index in [9.17, 15) is 4.79 Å². The minimum absolute atomic E-state index is 0.186. The number of nitrogens with zero attached hydrogens (tertiary/aromatic N) is 3. The van der Waals surface area contributed by atoms with Crippen LogP contribution < -0.4 is 0 Å². The smallest absolute Gasteiger partial charge is 0.231 e. The molecule has 0 radical (unpaired) electrons. The predicted molar refractivity (Wildman–Crippen MR) is 94.2 cm³/mol. The van der Waals surface area contributed by atoms with E-state index in [0.717, 1.165) is 38.6 Å². The third kappa shape index (κ3) is 3.60. The zero-order valence-corrected chi connectivity index (χ0v) is 14.8. The van der Waals surface area contributed by atoms with E-state index in [4.69, 9.17) is 4.52 Å². The molecule has 1 amide bonds. The molecule has 0 N–H and O–H groups in total. The highest BCUT2D eigenvalue weighted by Gasteiger charge is 2.30. The van der Waals surface area contributed by atoms with Crippen molar-refractivity contribution in [2.45, 2.75) is 51.4 Å². The largest absolute Gasteiger partial charge is 0.342 e. The molecule has 4 rings (SSSR count). The molecule has 132 valence electrons. The maximum absolute atomic E-state index is 12.8. The number of carbonyl (C=O) groups is 1. The average molecular weight is 339 g/mol. The number of likely N-dealkylation sites (tertiary alicyclic amines) is 1. The summed E-state index contributed by atoms with van der Waals surface area (Å²) in [6, 6.07) is 8.64. The lowest BCUT2D eigenvalue weighted by atomic mass is 9.82. The molecule has 0 saturated carbocycles. The van der Waals surface area contributed by atoms with Gasteiger partial charge in [0.2, 0.25) is 11.8 Å². The molecule has 2 heterocycles. The Morgan fingerprint density at radius 2 is 2.12 bits per heavy atom. The molecule has 1 aliphatic carbocycles. The number of aromatic nitrogens is 2. The second-order valence-corrected chi connectivity index (χ2v) is 7.44. The van der Waals surface area contributed by atoms with Crippen LogP contribution in [0, 0.1) is 12.8 Å². The van der Waals surface area contributed by atoms with Crippen LogP contribution in [-0.4, -0.2) is 34.0 Å². The van der Waals surface area contributed by atoms with Crippen molar-refractivity contribution in [1.29, 1.82) is 0 Å². The van der Waals surface area contributed by atoms with Gasteiger partial charge in [-0.25, -0.2) is 0 Å².